The van der Waals surface area contributed by atoms with Crippen molar-refractivity contribution in [1.82, 2.24) is 9.55 Å². The van der Waals surface area contributed by atoms with E-state index in [0.29, 0.717) is 6.42 Å². The molecule has 0 saturated heterocycles. The summed E-state index contributed by atoms with van der Waals surface area (Å²) in [6.45, 7) is 3.55. The third-order valence-electron chi connectivity index (χ3n) is 3.88. The van der Waals surface area contributed by atoms with Gasteiger partial charge in [-0.25, -0.2) is 4.98 Å². The topological polar surface area (TPSA) is 38.0 Å². The molecule has 1 aliphatic rings. The van der Waals surface area contributed by atoms with Gasteiger partial charge in [0.1, 0.15) is 5.82 Å². The molecule has 0 atom stereocenters. The zero-order valence-corrected chi connectivity index (χ0v) is 11.6. The molecular weight excluding hydrogens is 224 g/mol. The molecule has 1 aromatic heterocycles. The van der Waals surface area contributed by atoms with E-state index >= 15 is 0 Å². The lowest BCUT2D eigenvalue weighted by Gasteiger charge is -2.15. The number of aromatic nitrogens is 2. The number of rotatable bonds is 7. The molecule has 0 radical (unpaired) electrons. The summed E-state index contributed by atoms with van der Waals surface area (Å²) in [7, 11) is 0. The summed E-state index contributed by atoms with van der Waals surface area (Å²) < 4.78 is 2.40. The van der Waals surface area contributed by atoms with E-state index in [0.717, 1.165) is 18.8 Å². The number of hydrogen-bond donors (Lipinski definition) is 1. The van der Waals surface area contributed by atoms with E-state index in [2.05, 4.69) is 11.5 Å². The normalized spacial score (nSPS) is 14.8. The molecule has 0 spiro atoms. The van der Waals surface area contributed by atoms with Gasteiger partial charge in [-0.15, -0.1) is 0 Å². The first-order valence-corrected chi connectivity index (χ1v) is 7.54. The van der Waals surface area contributed by atoms with Gasteiger partial charge in [-0.1, -0.05) is 26.2 Å². The zero-order valence-electron chi connectivity index (χ0n) is 11.6. The number of aliphatic hydroxyl groups is 1. The number of fused-ring (bicyclic) bond motifs is 1. The average Bonchev–Trinajstić information content (AvgIpc) is 2.73. The molecule has 0 amide bonds. The molecule has 1 heterocycles. The lowest BCUT2D eigenvalue weighted by Crippen LogP contribution is -2.11. The van der Waals surface area contributed by atoms with Gasteiger partial charge in [0, 0.05) is 18.7 Å². The van der Waals surface area contributed by atoms with Gasteiger partial charge in [0.2, 0.25) is 0 Å². The molecule has 1 N–H and O–H groups in total. The summed E-state index contributed by atoms with van der Waals surface area (Å²) >= 11 is 0. The third-order valence-corrected chi connectivity index (χ3v) is 3.88. The first-order chi connectivity index (χ1) is 8.86. The highest BCUT2D eigenvalue weighted by atomic mass is 16.3. The molecule has 0 aromatic carbocycles. The van der Waals surface area contributed by atoms with Crippen LogP contribution in [0.5, 0.6) is 0 Å². The smallest absolute Gasteiger partial charge is 0.111 e. The third kappa shape index (κ3) is 3.14. The number of aryl methyl sites for hydroxylation is 1. The summed E-state index contributed by atoms with van der Waals surface area (Å²) in [4.78, 5) is 4.74. The van der Waals surface area contributed by atoms with Crippen LogP contribution in [0.2, 0.25) is 0 Å². The van der Waals surface area contributed by atoms with Gasteiger partial charge in [0.05, 0.1) is 12.3 Å². The van der Waals surface area contributed by atoms with E-state index in [4.69, 9.17) is 10.1 Å². The van der Waals surface area contributed by atoms with Gasteiger partial charge < -0.3 is 9.67 Å². The molecule has 3 nitrogen and oxygen atoms in total. The average molecular weight is 250 g/mol. The summed E-state index contributed by atoms with van der Waals surface area (Å²) in [6.07, 6.45) is 10.8. The minimum absolute atomic E-state index is 0.213. The van der Waals surface area contributed by atoms with Crippen molar-refractivity contribution in [3.63, 3.8) is 0 Å². The predicted octanol–water partition coefficient (Wildman–Crippen LogP) is 2.88. The van der Waals surface area contributed by atoms with Crippen molar-refractivity contribution in [3.05, 3.63) is 17.2 Å². The molecule has 0 aliphatic heterocycles. The molecule has 0 unspecified atom stereocenters. The Hall–Kier alpha value is -0.830. The van der Waals surface area contributed by atoms with Crippen molar-refractivity contribution < 1.29 is 5.11 Å². The minimum Gasteiger partial charge on any atom is -0.396 e. The number of aliphatic hydroxyl groups excluding tert-OH is 1. The van der Waals surface area contributed by atoms with Crippen LogP contribution in [0.4, 0.5) is 0 Å². The fraction of sp³-hybridized carbons (Fsp3) is 0.800. The van der Waals surface area contributed by atoms with Gasteiger partial charge in [-0.3, -0.25) is 0 Å². The predicted molar refractivity (Wildman–Crippen MR) is 73.8 cm³/mol. The van der Waals surface area contributed by atoms with E-state index in [-0.39, 0.29) is 6.61 Å². The van der Waals surface area contributed by atoms with Crippen LogP contribution in [0.3, 0.4) is 0 Å². The Morgan fingerprint density at radius 3 is 2.78 bits per heavy atom. The summed E-state index contributed by atoms with van der Waals surface area (Å²) in [5.74, 6) is 1.11. The maximum absolute atomic E-state index is 9.16. The molecular formula is C15H26N2O. The van der Waals surface area contributed by atoms with Crippen molar-refractivity contribution in [2.24, 2.45) is 0 Å². The first-order valence-electron chi connectivity index (χ1n) is 7.54. The van der Waals surface area contributed by atoms with Gasteiger partial charge in [-0.2, -0.15) is 0 Å². The molecule has 0 fully saturated rings. The fourth-order valence-corrected chi connectivity index (χ4v) is 2.91. The monoisotopic (exact) mass is 250 g/mol. The molecule has 102 valence electrons. The highest BCUT2D eigenvalue weighted by Crippen LogP contribution is 2.23. The first kappa shape index (κ1) is 13.6. The van der Waals surface area contributed by atoms with Crippen LogP contribution >= 0.6 is 0 Å². The number of hydrogen-bond acceptors (Lipinski definition) is 2. The van der Waals surface area contributed by atoms with E-state index in [1.807, 2.05) is 0 Å². The quantitative estimate of drug-likeness (QED) is 0.756. The zero-order chi connectivity index (χ0) is 12.8. The molecule has 1 aromatic rings. The van der Waals surface area contributed by atoms with Crippen LogP contribution in [0, 0.1) is 0 Å². The maximum Gasteiger partial charge on any atom is 0.111 e. The Balaban J connectivity index is 2.06. The van der Waals surface area contributed by atoms with Gasteiger partial charge >= 0.3 is 0 Å². The van der Waals surface area contributed by atoms with Gasteiger partial charge in [-0.05, 0) is 32.1 Å². The van der Waals surface area contributed by atoms with Crippen molar-refractivity contribution >= 4 is 0 Å². The standard InChI is InChI=1S/C15H26N2O/c1-2-3-4-7-11-17-14-9-6-5-8-13(14)16-15(17)10-12-18/h18H,2-12H2,1H3. The molecule has 2 rings (SSSR count). The SMILES string of the molecule is CCCCCCn1c(CCO)nc2c1CCCC2. The van der Waals surface area contributed by atoms with Crippen molar-refractivity contribution in [3.8, 4) is 0 Å². The number of unbranched alkanes of at least 4 members (excludes halogenated alkanes) is 3. The second-order valence-corrected chi connectivity index (χ2v) is 5.31. The lowest BCUT2D eigenvalue weighted by molar-refractivity contribution is 0.294. The summed E-state index contributed by atoms with van der Waals surface area (Å²) in [6, 6.07) is 0. The second kappa shape index (κ2) is 6.93. The Morgan fingerprint density at radius 2 is 2.00 bits per heavy atom. The van der Waals surface area contributed by atoms with Crippen LogP contribution in [-0.4, -0.2) is 21.3 Å². The number of imidazole rings is 1. The maximum atomic E-state index is 9.16. The van der Waals surface area contributed by atoms with E-state index < -0.39 is 0 Å². The largest absolute Gasteiger partial charge is 0.396 e. The van der Waals surface area contributed by atoms with Crippen LogP contribution < -0.4 is 0 Å². The summed E-state index contributed by atoms with van der Waals surface area (Å²) in [5.41, 5.74) is 2.77. The Labute approximate surface area is 110 Å². The van der Waals surface area contributed by atoms with Crippen LogP contribution in [0.15, 0.2) is 0 Å². The van der Waals surface area contributed by atoms with Crippen LogP contribution in [-0.2, 0) is 25.8 Å². The molecule has 1 aliphatic carbocycles. The number of nitrogens with zero attached hydrogens (tertiary/aromatic N) is 2. The van der Waals surface area contributed by atoms with Gasteiger partial charge in [0.25, 0.3) is 0 Å². The van der Waals surface area contributed by atoms with E-state index in [1.165, 1.54) is 56.3 Å². The van der Waals surface area contributed by atoms with Crippen LogP contribution in [0.1, 0.15) is 62.7 Å². The Kier molecular flexibility index (Phi) is 5.24. The van der Waals surface area contributed by atoms with Crippen molar-refractivity contribution in [2.75, 3.05) is 6.61 Å². The summed E-state index contributed by atoms with van der Waals surface area (Å²) in [5, 5.41) is 9.16. The Bertz CT molecular complexity index is 371. The molecule has 3 heteroatoms. The fourth-order valence-electron chi connectivity index (χ4n) is 2.91. The highest BCUT2D eigenvalue weighted by Gasteiger charge is 2.19. The van der Waals surface area contributed by atoms with E-state index in [1.54, 1.807) is 0 Å². The molecule has 0 saturated carbocycles. The van der Waals surface area contributed by atoms with Crippen LogP contribution in [0.25, 0.3) is 0 Å². The molecule has 0 bridgehead atoms. The van der Waals surface area contributed by atoms with Crippen molar-refractivity contribution in [2.45, 2.75) is 71.3 Å². The van der Waals surface area contributed by atoms with E-state index in [9.17, 15) is 0 Å². The minimum atomic E-state index is 0.213. The highest BCUT2D eigenvalue weighted by molar-refractivity contribution is 5.20. The molecule has 18 heavy (non-hydrogen) atoms. The lowest BCUT2D eigenvalue weighted by atomic mass is 10.0. The van der Waals surface area contributed by atoms with Crippen molar-refractivity contribution in [1.29, 1.82) is 0 Å². The second-order valence-electron chi connectivity index (χ2n) is 5.31. The Morgan fingerprint density at radius 1 is 1.17 bits per heavy atom. The van der Waals surface area contributed by atoms with Gasteiger partial charge in [0.15, 0.2) is 0 Å².